The molecule has 19 heteroatoms. The van der Waals surface area contributed by atoms with E-state index in [1.807, 2.05) is 0 Å². The third-order valence-electron chi connectivity index (χ3n) is 18.7. The molecular weight excluding hydrogens is 1290 g/mol. The van der Waals surface area contributed by atoms with Crippen molar-refractivity contribution in [2.75, 3.05) is 39.6 Å². The minimum absolute atomic E-state index is 0.107. The van der Waals surface area contributed by atoms with Gasteiger partial charge in [-0.3, -0.25) is 37.3 Å². The number of phosphoric acid groups is 2. The van der Waals surface area contributed by atoms with Crippen LogP contribution in [0.5, 0.6) is 0 Å². The lowest BCUT2D eigenvalue weighted by Crippen LogP contribution is -2.30. The summed E-state index contributed by atoms with van der Waals surface area (Å²) >= 11 is 0. The van der Waals surface area contributed by atoms with E-state index in [4.69, 9.17) is 37.0 Å². The van der Waals surface area contributed by atoms with Crippen LogP contribution in [0.1, 0.15) is 420 Å². The summed E-state index contributed by atoms with van der Waals surface area (Å²) in [5.41, 5.74) is 0. The van der Waals surface area contributed by atoms with Crippen LogP contribution in [0.3, 0.4) is 0 Å². The highest BCUT2D eigenvalue weighted by Gasteiger charge is 2.30. The number of aliphatic hydroxyl groups is 1. The van der Waals surface area contributed by atoms with Crippen LogP contribution in [0.15, 0.2) is 0 Å². The van der Waals surface area contributed by atoms with Crippen LogP contribution in [0, 0.1) is 11.8 Å². The number of hydrogen-bond acceptors (Lipinski definition) is 15. The summed E-state index contributed by atoms with van der Waals surface area (Å²) in [5.74, 6) is -0.573. The molecule has 0 aliphatic rings. The van der Waals surface area contributed by atoms with Crippen molar-refractivity contribution in [1.82, 2.24) is 0 Å². The van der Waals surface area contributed by atoms with Gasteiger partial charge in [-0.15, -0.1) is 0 Å². The summed E-state index contributed by atoms with van der Waals surface area (Å²) < 4.78 is 68.7. The average Bonchev–Trinajstić information content (AvgIpc) is 1.05. The number of esters is 4. The highest BCUT2D eigenvalue weighted by atomic mass is 31.2. The molecule has 0 bridgehead atoms. The Hall–Kier alpha value is -1.94. The first-order chi connectivity index (χ1) is 47.9. The van der Waals surface area contributed by atoms with E-state index in [0.717, 1.165) is 102 Å². The number of phosphoric ester groups is 2. The Morgan fingerprint density at radius 3 is 0.687 bits per heavy atom. The van der Waals surface area contributed by atoms with Gasteiger partial charge < -0.3 is 33.8 Å². The van der Waals surface area contributed by atoms with Gasteiger partial charge in [-0.25, -0.2) is 9.13 Å². The zero-order valence-electron chi connectivity index (χ0n) is 64.8. The van der Waals surface area contributed by atoms with Crippen molar-refractivity contribution in [3.8, 4) is 0 Å². The fourth-order valence-electron chi connectivity index (χ4n) is 12.4. The van der Waals surface area contributed by atoms with Gasteiger partial charge in [0.05, 0.1) is 26.4 Å². The molecule has 0 amide bonds. The summed E-state index contributed by atoms with van der Waals surface area (Å²) in [6.07, 6.45) is 61.0. The molecule has 99 heavy (non-hydrogen) atoms. The Morgan fingerprint density at radius 1 is 0.273 bits per heavy atom. The van der Waals surface area contributed by atoms with E-state index >= 15 is 0 Å². The molecule has 0 aliphatic heterocycles. The number of ether oxygens (including phenoxy) is 4. The number of carbonyl (C=O) groups is 4. The van der Waals surface area contributed by atoms with Crippen LogP contribution in [0.2, 0.25) is 0 Å². The van der Waals surface area contributed by atoms with Gasteiger partial charge in [0.2, 0.25) is 0 Å². The smallest absolute Gasteiger partial charge is 0.462 e. The largest absolute Gasteiger partial charge is 0.472 e. The van der Waals surface area contributed by atoms with E-state index in [9.17, 15) is 43.2 Å². The van der Waals surface area contributed by atoms with Gasteiger partial charge in [0.1, 0.15) is 19.3 Å². The predicted molar refractivity (Wildman–Crippen MR) is 405 cm³/mol. The van der Waals surface area contributed by atoms with Crippen LogP contribution < -0.4 is 0 Å². The van der Waals surface area contributed by atoms with Gasteiger partial charge in [0, 0.05) is 25.7 Å². The third kappa shape index (κ3) is 74.1. The maximum Gasteiger partial charge on any atom is 0.472 e. The number of unbranched alkanes of at least 4 members (excludes halogenated alkanes) is 49. The van der Waals surface area contributed by atoms with E-state index in [2.05, 4.69) is 41.5 Å². The first-order valence-electron chi connectivity index (χ1n) is 41.5. The van der Waals surface area contributed by atoms with Crippen LogP contribution >= 0.6 is 15.6 Å². The Labute approximate surface area is 607 Å². The molecule has 0 aromatic heterocycles. The van der Waals surface area contributed by atoms with Crippen LogP contribution in [-0.2, 0) is 65.4 Å². The topological polar surface area (TPSA) is 237 Å². The number of aliphatic hydroxyl groups excluding tert-OH is 1. The lowest BCUT2D eigenvalue weighted by Gasteiger charge is -2.21. The second-order valence-electron chi connectivity index (χ2n) is 29.8. The maximum atomic E-state index is 13.1. The van der Waals surface area contributed by atoms with Gasteiger partial charge in [-0.05, 0) is 37.5 Å². The molecule has 17 nitrogen and oxygen atoms in total. The van der Waals surface area contributed by atoms with Crippen molar-refractivity contribution in [2.24, 2.45) is 11.8 Å². The molecule has 0 spiro atoms. The molecule has 2 unspecified atom stereocenters. The summed E-state index contributed by atoms with van der Waals surface area (Å²) in [7, 11) is -9.92. The molecule has 5 atom stereocenters. The lowest BCUT2D eigenvalue weighted by atomic mass is 10.0. The van der Waals surface area contributed by atoms with E-state index in [0.29, 0.717) is 25.7 Å². The molecule has 0 fully saturated rings. The molecule has 0 aliphatic carbocycles. The highest BCUT2D eigenvalue weighted by molar-refractivity contribution is 7.47. The van der Waals surface area contributed by atoms with Gasteiger partial charge >= 0.3 is 39.5 Å². The van der Waals surface area contributed by atoms with Gasteiger partial charge in [0.15, 0.2) is 12.2 Å². The quantitative estimate of drug-likeness (QED) is 0.0222. The van der Waals surface area contributed by atoms with Crippen LogP contribution in [-0.4, -0.2) is 96.7 Å². The maximum absolute atomic E-state index is 13.1. The normalized spacial score (nSPS) is 13.9. The minimum atomic E-state index is -4.96. The molecule has 0 aromatic carbocycles. The standard InChI is InChI=1S/C80H156O17P2/c1-7-9-11-13-15-17-19-21-22-23-27-30-34-37-44-50-56-62-77(82)90-68-75(96-80(85)65-59-53-47-39-35-31-28-25-24-26-29-32-36-42-48-54-60-72(3)4)70-94-98(86,87)92-66-74(81)67-93-99(88,89)95-71-76(69-91-78(83)63-57-51-45-41-40-43-49-55-61-73(5)6)97-79(84)64-58-52-46-38-33-20-18-16-14-12-10-8-2/h72-76,81H,7-71H2,1-6H3,(H,86,87)(H,88,89)/t74-,75-,76-/m1/s1. The first-order valence-corrected chi connectivity index (χ1v) is 44.5. The number of carbonyl (C=O) groups excluding carboxylic acids is 4. The molecule has 0 saturated carbocycles. The predicted octanol–water partition coefficient (Wildman–Crippen LogP) is 23.9. The van der Waals surface area contributed by atoms with Crippen LogP contribution in [0.4, 0.5) is 0 Å². The fourth-order valence-corrected chi connectivity index (χ4v) is 13.9. The van der Waals surface area contributed by atoms with E-state index < -0.39 is 97.5 Å². The van der Waals surface area contributed by atoms with Gasteiger partial charge in [-0.2, -0.15) is 0 Å². The summed E-state index contributed by atoms with van der Waals surface area (Å²) in [6, 6.07) is 0. The molecule has 0 heterocycles. The Bertz CT molecular complexity index is 1910. The molecule has 0 aromatic rings. The molecule has 588 valence electrons. The molecule has 0 rings (SSSR count). The van der Waals surface area contributed by atoms with Crippen molar-refractivity contribution in [3.05, 3.63) is 0 Å². The third-order valence-corrected chi connectivity index (χ3v) is 20.6. The Kier molecular flexibility index (Phi) is 70.3. The SMILES string of the molecule is CCCCCCCCCCCCCCCCCCCC(=O)OC[C@H](COP(=O)(O)OC[C@@H](O)COP(=O)(O)OC[C@@H](COC(=O)CCCCCCCCCCC(C)C)OC(=O)CCCCCCCCCCCCCC)OC(=O)CCCCCCCCCCCCCCCCCCC(C)C. The van der Waals surface area contributed by atoms with Gasteiger partial charge in [-0.1, -0.05) is 369 Å². The average molecular weight is 1450 g/mol. The van der Waals surface area contributed by atoms with E-state index in [1.54, 1.807) is 0 Å². The zero-order chi connectivity index (χ0) is 72.8. The minimum Gasteiger partial charge on any atom is -0.462 e. The number of rotatable bonds is 79. The summed E-state index contributed by atoms with van der Waals surface area (Å²) in [5, 5.41) is 10.6. The molecule has 0 radical (unpaired) electrons. The molecule has 3 N–H and O–H groups in total. The van der Waals surface area contributed by atoms with Crippen molar-refractivity contribution < 1.29 is 80.2 Å². The fraction of sp³-hybridized carbons (Fsp3) is 0.950. The summed E-state index contributed by atoms with van der Waals surface area (Å²) in [6.45, 7) is 9.62. The Balaban J connectivity index is 5.24. The first kappa shape index (κ1) is 97.1. The summed E-state index contributed by atoms with van der Waals surface area (Å²) in [4.78, 5) is 73.0. The van der Waals surface area contributed by atoms with Crippen molar-refractivity contribution in [1.29, 1.82) is 0 Å². The second-order valence-corrected chi connectivity index (χ2v) is 32.7. The lowest BCUT2D eigenvalue weighted by molar-refractivity contribution is -0.161. The monoisotopic (exact) mass is 1450 g/mol. The Morgan fingerprint density at radius 2 is 0.465 bits per heavy atom. The van der Waals surface area contributed by atoms with Crippen LogP contribution in [0.25, 0.3) is 0 Å². The second kappa shape index (κ2) is 71.7. The number of hydrogen-bond donors (Lipinski definition) is 3. The molecule has 0 saturated heterocycles. The van der Waals surface area contributed by atoms with Gasteiger partial charge in [0.25, 0.3) is 0 Å². The van der Waals surface area contributed by atoms with Crippen molar-refractivity contribution in [2.45, 2.75) is 439 Å². The van der Waals surface area contributed by atoms with Crippen molar-refractivity contribution >= 4 is 39.5 Å². The zero-order valence-corrected chi connectivity index (χ0v) is 66.6. The van der Waals surface area contributed by atoms with E-state index in [-0.39, 0.29) is 25.7 Å². The van der Waals surface area contributed by atoms with E-state index in [1.165, 1.54) is 238 Å². The highest BCUT2D eigenvalue weighted by Crippen LogP contribution is 2.45. The van der Waals surface area contributed by atoms with Crippen molar-refractivity contribution in [3.63, 3.8) is 0 Å². The molecular formula is C80H156O17P2.